The first kappa shape index (κ1) is 23.2. The van der Waals surface area contributed by atoms with Crippen molar-refractivity contribution in [3.63, 3.8) is 0 Å². The van der Waals surface area contributed by atoms with E-state index < -0.39 is 24.4 Å². The minimum Gasteiger partial charge on any atom is -0.459 e. The van der Waals surface area contributed by atoms with Crippen LogP contribution in [0.2, 0.25) is 0 Å². The van der Waals surface area contributed by atoms with Crippen molar-refractivity contribution in [2.45, 2.75) is 38.1 Å². The molecule has 0 aliphatic heterocycles. The maximum Gasteiger partial charge on any atom is 0.513 e. The zero-order chi connectivity index (χ0) is 23.1. The molecule has 1 saturated carbocycles. The quantitative estimate of drug-likeness (QED) is 0.299. The molecular formula is C23H24O9. The Morgan fingerprint density at radius 1 is 0.781 bits per heavy atom. The molecule has 0 saturated heterocycles. The highest BCUT2D eigenvalue weighted by Gasteiger charge is 2.27. The van der Waals surface area contributed by atoms with Crippen LogP contribution in [0.5, 0.6) is 11.5 Å². The molecule has 0 unspecified atom stereocenters. The molecule has 0 spiro atoms. The van der Waals surface area contributed by atoms with Gasteiger partial charge in [0.2, 0.25) is 0 Å². The first-order chi connectivity index (χ1) is 15.4. The Morgan fingerprint density at radius 3 is 1.78 bits per heavy atom. The average Bonchev–Trinajstić information content (AvgIpc) is 2.80. The highest BCUT2D eigenvalue weighted by molar-refractivity contribution is 5.94. The van der Waals surface area contributed by atoms with Crippen molar-refractivity contribution in [2.24, 2.45) is 5.92 Å². The van der Waals surface area contributed by atoms with Gasteiger partial charge in [0.15, 0.2) is 6.29 Å². The van der Waals surface area contributed by atoms with Gasteiger partial charge in [0, 0.05) is 5.92 Å². The Balaban J connectivity index is 1.52. The summed E-state index contributed by atoms with van der Waals surface area (Å²) in [6.45, 7) is 0. The molecule has 1 aliphatic rings. The number of benzene rings is 2. The summed E-state index contributed by atoms with van der Waals surface area (Å²) in [5, 5.41) is 18.5. The molecule has 9 nitrogen and oxygen atoms in total. The molecule has 0 atom stereocenters. The van der Waals surface area contributed by atoms with E-state index in [-0.39, 0.29) is 29.1 Å². The predicted octanol–water partition coefficient (Wildman–Crippen LogP) is 3.08. The standard InChI is InChI=1S/C23H24O9/c1-29-23(28)32-19-12-10-18(11-13-19)31-22(27)16-4-2-15(3-5-16)21(26)30-17-8-6-14(7-9-17)20(24)25/h2-5,10-14,17,20,24-25H,6-9H2,1H3. The van der Waals surface area contributed by atoms with Gasteiger partial charge in [-0.1, -0.05) is 0 Å². The molecule has 9 heteroatoms. The highest BCUT2D eigenvalue weighted by atomic mass is 16.7. The SMILES string of the molecule is COC(=O)Oc1ccc(OC(=O)c2ccc(C(=O)OC3CCC(C(O)O)CC3)cc2)cc1. The van der Waals surface area contributed by atoms with Gasteiger partial charge < -0.3 is 29.2 Å². The van der Waals surface area contributed by atoms with E-state index in [1.165, 1.54) is 55.6 Å². The van der Waals surface area contributed by atoms with Gasteiger partial charge >= 0.3 is 18.1 Å². The summed E-state index contributed by atoms with van der Waals surface area (Å²) >= 11 is 0. The molecule has 0 heterocycles. The van der Waals surface area contributed by atoms with Crippen molar-refractivity contribution >= 4 is 18.1 Å². The van der Waals surface area contributed by atoms with E-state index in [4.69, 9.17) is 14.2 Å². The second-order valence-electron chi connectivity index (χ2n) is 7.35. The lowest BCUT2D eigenvalue weighted by atomic mass is 9.87. The van der Waals surface area contributed by atoms with Gasteiger partial charge in [-0.05, 0) is 74.2 Å². The Hall–Kier alpha value is -3.43. The molecule has 170 valence electrons. The second-order valence-corrected chi connectivity index (χ2v) is 7.35. The van der Waals surface area contributed by atoms with E-state index in [0.717, 1.165) is 0 Å². The van der Waals surface area contributed by atoms with E-state index in [0.29, 0.717) is 31.2 Å². The molecule has 0 amide bonds. The fourth-order valence-electron chi connectivity index (χ4n) is 3.35. The van der Waals surface area contributed by atoms with Crippen LogP contribution in [-0.2, 0) is 9.47 Å². The smallest absolute Gasteiger partial charge is 0.459 e. The van der Waals surface area contributed by atoms with Gasteiger partial charge in [0.25, 0.3) is 0 Å². The lowest BCUT2D eigenvalue weighted by molar-refractivity contribution is -0.101. The monoisotopic (exact) mass is 444 g/mol. The summed E-state index contributed by atoms with van der Waals surface area (Å²) in [6.07, 6.45) is -0.167. The van der Waals surface area contributed by atoms with Crippen molar-refractivity contribution in [1.82, 2.24) is 0 Å². The van der Waals surface area contributed by atoms with Crippen LogP contribution in [0.25, 0.3) is 0 Å². The average molecular weight is 444 g/mol. The maximum atomic E-state index is 12.3. The summed E-state index contributed by atoms with van der Waals surface area (Å²) in [5.41, 5.74) is 0.545. The topological polar surface area (TPSA) is 129 Å². The van der Waals surface area contributed by atoms with Gasteiger partial charge in [0.05, 0.1) is 18.2 Å². The van der Waals surface area contributed by atoms with Gasteiger partial charge in [-0.15, -0.1) is 0 Å². The maximum absolute atomic E-state index is 12.3. The number of carbonyl (C=O) groups is 3. The number of esters is 2. The minimum absolute atomic E-state index is 0.188. The molecule has 1 fully saturated rings. The van der Waals surface area contributed by atoms with E-state index in [1.54, 1.807) is 0 Å². The molecule has 2 N–H and O–H groups in total. The molecule has 0 bridgehead atoms. The van der Waals surface area contributed by atoms with Gasteiger partial charge in [-0.3, -0.25) is 0 Å². The highest BCUT2D eigenvalue weighted by Crippen LogP contribution is 2.28. The fraction of sp³-hybridized carbons (Fsp3) is 0.348. The van der Waals surface area contributed by atoms with Crippen LogP contribution >= 0.6 is 0 Å². The van der Waals surface area contributed by atoms with E-state index >= 15 is 0 Å². The molecule has 2 aromatic carbocycles. The molecular weight excluding hydrogens is 420 g/mol. The number of hydrogen-bond acceptors (Lipinski definition) is 9. The molecule has 3 rings (SSSR count). The predicted molar refractivity (Wildman–Crippen MR) is 110 cm³/mol. The number of aliphatic hydroxyl groups excluding tert-OH is 1. The summed E-state index contributed by atoms with van der Waals surface area (Å²) in [5.74, 6) is -0.821. The van der Waals surface area contributed by atoms with E-state index in [9.17, 15) is 24.6 Å². The molecule has 0 radical (unpaired) electrons. The van der Waals surface area contributed by atoms with E-state index in [2.05, 4.69) is 4.74 Å². The van der Waals surface area contributed by atoms with Crippen LogP contribution in [0, 0.1) is 5.92 Å². The number of methoxy groups -OCH3 is 1. The zero-order valence-electron chi connectivity index (χ0n) is 17.4. The first-order valence-electron chi connectivity index (χ1n) is 10.1. The lowest BCUT2D eigenvalue weighted by Crippen LogP contribution is -2.30. The normalized spacial score (nSPS) is 18.0. The number of aliphatic hydroxyl groups is 2. The van der Waals surface area contributed by atoms with Gasteiger partial charge in [0.1, 0.15) is 17.6 Å². The first-order valence-corrected chi connectivity index (χ1v) is 10.1. The van der Waals surface area contributed by atoms with Crippen LogP contribution in [0.4, 0.5) is 4.79 Å². The summed E-state index contributed by atoms with van der Waals surface area (Å²) in [6, 6.07) is 11.7. The van der Waals surface area contributed by atoms with Crippen molar-refractivity contribution in [3.05, 3.63) is 59.7 Å². The van der Waals surface area contributed by atoms with Crippen molar-refractivity contribution < 1.29 is 43.5 Å². The van der Waals surface area contributed by atoms with Crippen molar-refractivity contribution in [3.8, 4) is 11.5 Å². The van der Waals surface area contributed by atoms with Crippen LogP contribution in [0.15, 0.2) is 48.5 Å². The number of hydrogen-bond donors (Lipinski definition) is 2. The Bertz CT molecular complexity index is 927. The zero-order valence-corrected chi connectivity index (χ0v) is 17.4. The van der Waals surface area contributed by atoms with Crippen molar-refractivity contribution in [1.29, 1.82) is 0 Å². The molecule has 2 aromatic rings. The fourth-order valence-corrected chi connectivity index (χ4v) is 3.35. The third kappa shape index (κ3) is 6.29. The Kier molecular flexibility index (Phi) is 7.80. The Morgan fingerprint density at radius 2 is 1.28 bits per heavy atom. The van der Waals surface area contributed by atoms with Crippen LogP contribution in [0.3, 0.4) is 0 Å². The Labute approximate surface area is 184 Å². The van der Waals surface area contributed by atoms with Crippen molar-refractivity contribution in [2.75, 3.05) is 7.11 Å². The number of rotatable bonds is 6. The van der Waals surface area contributed by atoms with Crippen LogP contribution < -0.4 is 9.47 Å². The summed E-state index contributed by atoms with van der Waals surface area (Å²) in [4.78, 5) is 35.7. The van der Waals surface area contributed by atoms with E-state index in [1.807, 2.05) is 0 Å². The van der Waals surface area contributed by atoms with Gasteiger partial charge in [-0.25, -0.2) is 14.4 Å². The second kappa shape index (κ2) is 10.7. The molecule has 0 aromatic heterocycles. The van der Waals surface area contributed by atoms with Crippen LogP contribution in [-0.4, -0.2) is 47.8 Å². The summed E-state index contributed by atoms with van der Waals surface area (Å²) in [7, 11) is 1.19. The third-order valence-electron chi connectivity index (χ3n) is 5.17. The lowest BCUT2D eigenvalue weighted by Gasteiger charge is -2.29. The largest absolute Gasteiger partial charge is 0.513 e. The summed E-state index contributed by atoms with van der Waals surface area (Å²) < 4.78 is 20.0. The molecule has 1 aliphatic carbocycles. The molecule has 32 heavy (non-hydrogen) atoms. The van der Waals surface area contributed by atoms with Crippen LogP contribution in [0.1, 0.15) is 46.4 Å². The number of carbonyl (C=O) groups excluding carboxylic acids is 3. The minimum atomic E-state index is -1.34. The third-order valence-corrected chi connectivity index (χ3v) is 5.17. The number of ether oxygens (including phenoxy) is 4. The van der Waals surface area contributed by atoms with Gasteiger partial charge in [-0.2, -0.15) is 0 Å².